The third-order valence-corrected chi connectivity index (χ3v) is 4.33. The normalized spacial score (nSPS) is 14.6. The van der Waals surface area contributed by atoms with Gasteiger partial charge in [0, 0.05) is 18.0 Å². The average molecular weight is 328 g/mol. The van der Waals surface area contributed by atoms with Crippen molar-refractivity contribution in [3.63, 3.8) is 0 Å². The van der Waals surface area contributed by atoms with E-state index in [2.05, 4.69) is 0 Å². The van der Waals surface area contributed by atoms with Crippen LogP contribution in [0.4, 0.5) is 5.69 Å². The Morgan fingerprint density at radius 1 is 1.35 bits per heavy atom. The minimum absolute atomic E-state index is 0.00120. The Morgan fingerprint density at radius 3 is 2.65 bits per heavy atom. The van der Waals surface area contributed by atoms with Gasteiger partial charge >= 0.3 is 5.97 Å². The summed E-state index contributed by atoms with van der Waals surface area (Å²) in [7, 11) is 1.80. The van der Waals surface area contributed by atoms with Crippen molar-refractivity contribution in [2.24, 2.45) is 0 Å². The number of nitriles is 1. The Kier molecular flexibility index (Phi) is 5.24. The highest BCUT2D eigenvalue weighted by atomic mass is 32.2. The van der Waals surface area contributed by atoms with Gasteiger partial charge in [0.2, 0.25) is 5.78 Å². The summed E-state index contributed by atoms with van der Waals surface area (Å²) >= 11 is 1.36. The van der Waals surface area contributed by atoms with Crippen LogP contribution in [0, 0.1) is 11.3 Å². The second-order valence-electron chi connectivity index (χ2n) is 5.17. The molecule has 118 valence electrons. The van der Waals surface area contributed by atoms with Crippen LogP contribution in [0.1, 0.15) is 13.8 Å². The summed E-state index contributed by atoms with van der Waals surface area (Å²) < 4.78 is 4.89. The van der Waals surface area contributed by atoms with Crippen molar-refractivity contribution < 1.29 is 14.3 Å². The largest absolute Gasteiger partial charge is 0.454 e. The van der Waals surface area contributed by atoms with E-state index in [4.69, 9.17) is 4.74 Å². The number of hydrogen-bond donors (Lipinski definition) is 0. The van der Waals surface area contributed by atoms with Gasteiger partial charge < -0.3 is 9.64 Å². The molecule has 0 unspecified atom stereocenters. The van der Waals surface area contributed by atoms with Crippen molar-refractivity contribution in [3.8, 4) is 6.07 Å². The summed E-state index contributed by atoms with van der Waals surface area (Å²) in [5, 5.41) is 9.90. The molecule has 6 heteroatoms. The third-order valence-electron chi connectivity index (χ3n) is 3.09. The van der Waals surface area contributed by atoms with Crippen LogP contribution < -0.4 is 4.90 Å². The molecular weight excluding hydrogens is 312 g/mol. The molecule has 2 rings (SSSR count). The van der Waals surface area contributed by atoms with Gasteiger partial charge in [0.1, 0.15) is 16.7 Å². The smallest absolute Gasteiger partial charge is 0.331 e. The number of ether oxygens (including phenoxy) is 1. The van der Waals surface area contributed by atoms with Crippen molar-refractivity contribution in [2.45, 2.75) is 18.7 Å². The zero-order valence-electron chi connectivity index (χ0n) is 13.1. The van der Waals surface area contributed by atoms with Crippen LogP contribution in [0.3, 0.4) is 0 Å². The maximum absolute atomic E-state index is 12.2. The second kappa shape index (κ2) is 7.16. The molecule has 0 saturated carbocycles. The maximum Gasteiger partial charge on any atom is 0.331 e. The Morgan fingerprint density at radius 2 is 2.04 bits per heavy atom. The van der Waals surface area contributed by atoms with E-state index in [1.165, 1.54) is 17.8 Å². The molecule has 1 heterocycles. The van der Waals surface area contributed by atoms with E-state index in [1.54, 1.807) is 25.8 Å². The quantitative estimate of drug-likeness (QED) is 0.481. The number of hydrogen-bond acceptors (Lipinski definition) is 6. The number of rotatable bonds is 4. The second-order valence-corrected chi connectivity index (χ2v) is 6.20. The van der Waals surface area contributed by atoms with Crippen LogP contribution in [-0.2, 0) is 14.3 Å². The molecule has 1 aliphatic heterocycles. The minimum atomic E-state index is -0.587. The summed E-state index contributed by atoms with van der Waals surface area (Å²) in [5.74, 6) is -1.10. The van der Waals surface area contributed by atoms with Crippen LogP contribution >= 0.6 is 11.8 Å². The van der Waals surface area contributed by atoms with Gasteiger partial charge in [0.25, 0.3) is 0 Å². The van der Waals surface area contributed by atoms with Gasteiger partial charge in [0.15, 0.2) is 6.61 Å². The van der Waals surface area contributed by atoms with E-state index in [1.807, 2.05) is 30.3 Å². The molecule has 0 fully saturated rings. The average Bonchev–Trinajstić information content (AvgIpc) is 2.83. The third kappa shape index (κ3) is 3.82. The number of esters is 1. The molecule has 0 amide bonds. The zero-order chi connectivity index (χ0) is 17.0. The number of ketones is 1. The van der Waals surface area contributed by atoms with E-state index in [0.717, 1.165) is 16.2 Å². The number of para-hydroxylation sites is 1. The van der Waals surface area contributed by atoms with Crippen LogP contribution in [0.25, 0.3) is 0 Å². The number of carbonyl (C=O) groups excluding carboxylic acids is 2. The number of carbonyl (C=O) groups is 2. The summed E-state index contributed by atoms with van der Waals surface area (Å²) in [5.41, 5.74) is 1.72. The number of nitrogens with zero attached hydrogens (tertiary/aromatic N) is 2. The molecule has 1 aliphatic rings. The maximum atomic E-state index is 12.2. The summed E-state index contributed by atoms with van der Waals surface area (Å²) in [6, 6.07) is 9.58. The van der Waals surface area contributed by atoms with Gasteiger partial charge in [-0.1, -0.05) is 29.5 Å². The lowest BCUT2D eigenvalue weighted by Gasteiger charge is -2.14. The fourth-order valence-electron chi connectivity index (χ4n) is 2.04. The fourth-order valence-corrected chi connectivity index (χ4v) is 3.20. The first kappa shape index (κ1) is 16.8. The summed E-state index contributed by atoms with van der Waals surface area (Å²) in [6.07, 6.45) is 1.30. The molecule has 0 aliphatic carbocycles. The van der Waals surface area contributed by atoms with Crippen molar-refractivity contribution in [1.82, 2.24) is 0 Å². The first-order valence-corrected chi connectivity index (χ1v) is 7.75. The van der Waals surface area contributed by atoms with Gasteiger partial charge in [-0.05, 0) is 26.0 Å². The highest BCUT2D eigenvalue weighted by Crippen LogP contribution is 2.45. The van der Waals surface area contributed by atoms with E-state index >= 15 is 0 Å². The van der Waals surface area contributed by atoms with E-state index in [0.29, 0.717) is 5.03 Å². The molecule has 0 atom stereocenters. The molecule has 23 heavy (non-hydrogen) atoms. The van der Waals surface area contributed by atoms with Gasteiger partial charge in [0.05, 0.1) is 5.69 Å². The lowest BCUT2D eigenvalue weighted by atomic mass is 10.2. The van der Waals surface area contributed by atoms with Crippen molar-refractivity contribution in [2.75, 3.05) is 18.6 Å². The predicted molar refractivity (Wildman–Crippen MR) is 88.7 cm³/mol. The van der Waals surface area contributed by atoms with Crippen molar-refractivity contribution in [3.05, 3.63) is 46.5 Å². The molecule has 0 saturated heterocycles. The summed E-state index contributed by atoms with van der Waals surface area (Å²) in [6.45, 7) is 3.07. The molecule has 5 nitrogen and oxygen atoms in total. The molecule has 0 radical (unpaired) electrons. The molecule has 0 N–H and O–H groups in total. The van der Waals surface area contributed by atoms with E-state index in [-0.39, 0.29) is 5.57 Å². The molecule has 1 aromatic rings. The Balaban J connectivity index is 2.17. The molecule has 0 aromatic heterocycles. The van der Waals surface area contributed by atoms with E-state index in [9.17, 15) is 14.9 Å². The van der Waals surface area contributed by atoms with Crippen molar-refractivity contribution >= 4 is 29.2 Å². The highest BCUT2D eigenvalue weighted by Gasteiger charge is 2.28. The standard InChI is InChI=1S/C17H16N2O3S/c1-11(2)8-16(21)22-10-14(20)12(9-18)17-19(3)13-6-4-5-7-15(13)23-17/h4-8H,10H2,1-3H3/b17-12-. The number of benzene rings is 1. The van der Waals surface area contributed by atoms with E-state index < -0.39 is 18.4 Å². The van der Waals surface area contributed by atoms with Crippen LogP contribution in [0.5, 0.6) is 0 Å². The lowest BCUT2D eigenvalue weighted by Crippen LogP contribution is -2.19. The fraction of sp³-hybridized carbons (Fsp3) is 0.235. The Labute approximate surface area is 139 Å². The number of thioether (sulfide) groups is 1. The minimum Gasteiger partial charge on any atom is -0.454 e. The predicted octanol–water partition coefficient (Wildman–Crippen LogP) is 3.04. The number of fused-ring (bicyclic) bond motifs is 1. The number of anilines is 1. The van der Waals surface area contributed by atoms with Gasteiger partial charge in [-0.2, -0.15) is 5.26 Å². The van der Waals surface area contributed by atoms with Crippen LogP contribution in [0.15, 0.2) is 51.4 Å². The van der Waals surface area contributed by atoms with Crippen molar-refractivity contribution in [1.29, 1.82) is 5.26 Å². The Bertz CT molecular complexity index is 755. The Hall–Kier alpha value is -2.52. The molecular formula is C17H16N2O3S. The number of allylic oxidation sites excluding steroid dienone is 1. The SMILES string of the molecule is CC(C)=CC(=O)OCC(=O)/C(C#N)=C1\Sc2ccccc2N1C. The molecule has 0 spiro atoms. The summed E-state index contributed by atoms with van der Waals surface area (Å²) in [4.78, 5) is 26.5. The van der Waals surface area contributed by atoms with Crippen LogP contribution in [-0.4, -0.2) is 25.4 Å². The van der Waals surface area contributed by atoms with Gasteiger partial charge in [-0.25, -0.2) is 4.79 Å². The zero-order valence-corrected chi connectivity index (χ0v) is 13.9. The topological polar surface area (TPSA) is 70.4 Å². The first-order chi connectivity index (χ1) is 10.9. The van der Waals surface area contributed by atoms with Gasteiger partial charge in [-0.3, -0.25) is 4.79 Å². The molecule has 0 bridgehead atoms. The lowest BCUT2D eigenvalue weighted by molar-refractivity contribution is -0.142. The monoisotopic (exact) mass is 328 g/mol. The van der Waals surface area contributed by atoms with Crippen LogP contribution in [0.2, 0.25) is 0 Å². The van der Waals surface area contributed by atoms with Gasteiger partial charge in [-0.15, -0.1) is 0 Å². The number of Topliss-reactive ketones (excluding diaryl/α,β-unsaturated/α-hetero) is 1. The highest BCUT2D eigenvalue weighted by molar-refractivity contribution is 8.03. The first-order valence-electron chi connectivity index (χ1n) is 6.94. The molecule has 1 aromatic carbocycles.